The highest BCUT2D eigenvalue weighted by Crippen LogP contribution is 2.36. The third-order valence-electron chi connectivity index (χ3n) is 8.01. The van der Waals surface area contributed by atoms with Crippen LogP contribution in [-0.2, 0) is 14.8 Å². The normalized spacial score (nSPS) is 14.0. The van der Waals surface area contributed by atoms with Gasteiger partial charge in [0.25, 0.3) is 5.92 Å². The second-order valence-corrected chi connectivity index (χ2v) is 19.0. The van der Waals surface area contributed by atoms with Crippen molar-refractivity contribution in [2.45, 2.75) is 186 Å². The van der Waals surface area contributed by atoms with Gasteiger partial charge in [0.15, 0.2) is 0 Å². The molecule has 0 spiro atoms. The van der Waals surface area contributed by atoms with Gasteiger partial charge in [-0.25, -0.2) is 13.1 Å². The van der Waals surface area contributed by atoms with E-state index in [2.05, 4.69) is 119 Å². The van der Waals surface area contributed by atoms with Gasteiger partial charge in [0.05, 0.1) is 11.4 Å². The van der Waals surface area contributed by atoms with E-state index in [1.807, 2.05) is 27.7 Å². The molecule has 1 saturated carbocycles. The highest BCUT2D eigenvalue weighted by Gasteiger charge is 2.35. The van der Waals surface area contributed by atoms with Crippen molar-refractivity contribution >= 4 is 10.0 Å². The molecule has 1 aliphatic carbocycles. The number of hydrogen-bond acceptors (Lipinski definition) is 3. The number of ether oxygens (including phenoxy) is 1. The fourth-order valence-corrected chi connectivity index (χ4v) is 4.35. The summed E-state index contributed by atoms with van der Waals surface area (Å²) >= 11 is 0. The number of allylic oxidation sites excluding steroid dienone is 1. The molecule has 0 unspecified atom stereocenters. The van der Waals surface area contributed by atoms with Crippen LogP contribution in [0.2, 0.25) is 0 Å². The minimum Gasteiger partial charge on any atom is -0.372 e. The molecule has 0 saturated heterocycles. The van der Waals surface area contributed by atoms with E-state index in [4.69, 9.17) is 4.74 Å². The van der Waals surface area contributed by atoms with E-state index in [1.165, 1.54) is 23.6 Å². The molecular formula is C41H79F2NO3S. The van der Waals surface area contributed by atoms with E-state index >= 15 is 0 Å². The average Bonchev–Trinajstić information content (AvgIpc) is 3.77. The average molecular weight is 704 g/mol. The van der Waals surface area contributed by atoms with E-state index in [-0.39, 0.29) is 23.3 Å². The minimum atomic E-state index is -2.94. The molecule has 286 valence electrons. The Labute approximate surface area is 298 Å². The number of sulfonamides is 1. The number of halogens is 2. The van der Waals surface area contributed by atoms with E-state index in [0.29, 0.717) is 22.7 Å². The lowest BCUT2D eigenvalue weighted by Crippen LogP contribution is -2.32. The third kappa shape index (κ3) is 29.6. The van der Waals surface area contributed by atoms with Crippen molar-refractivity contribution in [1.29, 1.82) is 0 Å². The minimum absolute atomic E-state index is 0.0330. The lowest BCUT2D eigenvalue weighted by atomic mass is 9.71. The van der Waals surface area contributed by atoms with Gasteiger partial charge >= 0.3 is 0 Å². The van der Waals surface area contributed by atoms with Crippen molar-refractivity contribution in [3.63, 3.8) is 0 Å². The van der Waals surface area contributed by atoms with Crippen molar-refractivity contribution in [2.75, 3.05) is 6.61 Å². The number of nitrogens with one attached hydrogen (secondary N) is 1. The Bertz CT molecular complexity index is 1040. The van der Waals surface area contributed by atoms with Crippen LogP contribution in [0, 0.1) is 22.7 Å². The monoisotopic (exact) mass is 704 g/mol. The molecule has 0 aromatic heterocycles. The highest BCUT2D eigenvalue weighted by molar-refractivity contribution is 7.90. The summed E-state index contributed by atoms with van der Waals surface area (Å²) in [5.41, 5.74) is 3.77. The molecule has 2 rings (SSSR count). The summed E-state index contributed by atoms with van der Waals surface area (Å²) in [6, 6.07) is 8.91. The predicted octanol–water partition coefficient (Wildman–Crippen LogP) is 12.8. The van der Waals surface area contributed by atoms with Crippen LogP contribution in [0.1, 0.15) is 174 Å². The van der Waals surface area contributed by atoms with Crippen LogP contribution in [-0.4, -0.2) is 38.3 Å². The summed E-state index contributed by atoms with van der Waals surface area (Å²) in [5, 5.41) is -0.0881. The molecule has 1 aliphatic rings. The Hall–Kier alpha value is -1.31. The maximum atomic E-state index is 12.9. The summed E-state index contributed by atoms with van der Waals surface area (Å²) in [7, 11) is -2.94. The smallest absolute Gasteiger partial charge is 0.289 e. The van der Waals surface area contributed by atoms with Crippen molar-refractivity contribution in [1.82, 2.24) is 4.72 Å². The largest absolute Gasteiger partial charge is 0.372 e. The van der Waals surface area contributed by atoms with E-state index in [0.717, 1.165) is 24.8 Å². The molecule has 1 fully saturated rings. The Morgan fingerprint density at radius 3 is 1.46 bits per heavy atom. The Balaban J connectivity index is -0.000000543. The Morgan fingerprint density at radius 1 is 0.812 bits per heavy atom. The van der Waals surface area contributed by atoms with Crippen molar-refractivity contribution < 1.29 is 21.9 Å². The summed E-state index contributed by atoms with van der Waals surface area (Å²) in [4.78, 5) is 0. The zero-order valence-corrected chi connectivity index (χ0v) is 35.5. The number of benzene rings is 1. The number of alkyl halides is 2. The first kappa shape index (κ1) is 51.1. The van der Waals surface area contributed by atoms with Crippen molar-refractivity contribution in [3.05, 3.63) is 47.5 Å². The number of rotatable bonds is 11. The zero-order chi connectivity index (χ0) is 38.7. The fourth-order valence-electron chi connectivity index (χ4n) is 2.74. The molecule has 1 aromatic carbocycles. The maximum absolute atomic E-state index is 12.9. The SMILES string of the molecule is CC(C)(C)C(C)(C)C.CC(C)/C=C/C(F)(F)COC(C)C.CC(C)NS(=O)(=O)C1CC1.CC(C)c1cccc(C(C)C)c1.CCC(C)C. The van der Waals surface area contributed by atoms with Gasteiger partial charge in [0.2, 0.25) is 10.0 Å². The van der Waals surface area contributed by atoms with Gasteiger partial charge in [-0.15, -0.1) is 0 Å². The predicted molar refractivity (Wildman–Crippen MR) is 209 cm³/mol. The van der Waals surface area contributed by atoms with Crippen LogP contribution in [0.25, 0.3) is 0 Å². The standard InChI is InChI=1S/C12H18.C10H18F2O.C8H18.C6H13NO2S.C5H12/c1-9(2)11-6-5-7-12(8-11)10(3)4;1-8(2)5-6-10(11,12)7-13-9(3)4;1-7(2,3)8(4,5)6;1-5(2)7-10(8,9)6-3-4-6;1-4-5(2)3/h5-10H,1-4H3;5-6,8-9H,7H2,1-4H3;1-6H3;5-7H,3-4H2,1-2H3;5H,4H2,1-3H3/b;6-5+;;;. The molecule has 1 N–H and O–H groups in total. The summed E-state index contributed by atoms with van der Waals surface area (Å²) in [5.74, 6) is -0.526. The molecule has 0 aliphatic heterocycles. The second-order valence-electron chi connectivity index (χ2n) is 17.0. The van der Waals surface area contributed by atoms with E-state index in [1.54, 1.807) is 13.8 Å². The van der Waals surface area contributed by atoms with Crippen LogP contribution in [0.5, 0.6) is 0 Å². The first-order valence-electron chi connectivity index (χ1n) is 18.3. The molecular weight excluding hydrogens is 625 g/mol. The first-order chi connectivity index (χ1) is 21.5. The summed E-state index contributed by atoms with van der Waals surface area (Å²) in [6.07, 6.45) is 5.23. The second kappa shape index (κ2) is 24.0. The van der Waals surface area contributed by atoms with Gasteiger partial charge in [0.1, 0.15) is 6.61 Å². The molecule has 48 heavy (non-hydrogen) atoms. The first-order valence-corrected chi connectivity index (χ1v) is 19.8. The van der Waals surface area contributed by atoms with Crippen molar-refractivity contribution in [2.24, 2.45) is 22.7 Å². The third-order valence-corrected chi connectivity index (χ3v) is 10.2. The lowest BCUT2D eigenvalue weighted by molar-refractivity contribution is -0.0596. The lowest BCUT2D eigenvalue weighted by Gasteiger charge is -2.34. The van der Waals surface area contributed by atoms with Crippen LogP contribution in [0.4, 0.5) is 8.78 Å². The van der Waals surface area contributed by atoms with E-state index in [9.17, 15) is 17.2 Å². The molecule has 7 heteroatoms. The van der Waals surface area contributed by atoms with E-state index < -0.39 is 22.6 Å². The number of hydrogen-bond donors (Lipinski definition) is 1. The molecule has 0 amide bonds. The summed E-state index contributed by atoms with van der Waals surface area (Å²) in [6.45, 7) is 39.5. The van der Waals surface area contributed by atoms with Gasteiger partial charge in [-0.2, -0.15) is 8.78 Å². The fraction of sp³-hybridized carbons (Fsp3) is 0.805. The quantitative estimate of drug-likeness (QED) is 0.233. The molecule has 0 bridgehead atoms. The van der Waals surface area contributed by atoms with Crippen LogP contribution < -0.4 is 4.72 Å². The molecule has 0 radical (unpaired) electrons. The van der Waals surface area contributed by atoms with Gasteiger partial charge in [-0.3, -0.25) is 0 Å². The van der Waals surface area contributed by atoms with Gasteiger partial charge in [-0.1, -0.05) is 141 Å². The zero-order valence-electron chi connectivity index (χ0n) is 34.7. The Kier molecular flexibility index (Phi) is 25.5. The molecule has 0 heterocycles. The molecule has 4 nitrogen and oxygen atoms in total. The maximum Gasteiger partial charge on any atom is 0.289 e. The molecule has 0 atom stereocenters. The van der Waals surface area contributed by atoms with Crippen molar-refractivity contribution in [3.8, 4) is 0 Å². The van der Waals surface area contributed by atoms with Gasteiger partial charge in [-0.05, 0) is 92.2 Å². The van der Waals surface area contributed by atoms with Crippen LogP contribution >= 0.6 is 0 Å². The topological polar surface area (TPSA) is 55.4 Å². The van der Waals surface area contributed by atoms with Crippen LogP contribution in [0.15, 0.2) is 36.4 Å². The molecule has 1 aromatic rings. The van der Waals surface area contributed by atoms with Crippen LogP contribution in [0.3, 0.4) is 0 Å². The highest BCUT2D eigenvalue weighted by atomic mass is 32.2. The van der Waals surface area contributed by atoms with Gasteiger partial charge in [0, 0.05) is 6.04 Å². The summed E-state index contributed by atoms with van der Waals surface area (Å²) < 4.78 is 55.4. The van der Waals surface area contributed by atoms with Gasteiger partial charge < -0.3 is 4.74 Å². The Morgan fingerprint density at radius 2 is 1.21 bits per heavy atom.